The first-order chi connectivity index (χ1) is 13.3. The van der Waals surface area contributed by atoms with E-state index in [2.05, 4.69) is 10.3 Å². The molecule has 0 unspecified atom stereocenters. The summed E-state index contributed by atoms with van der Waals surface area (Å²) in [5.41, 5.74) is 12.0. The number of amides is 1. The summed E-state index contributed by atoms with van der Waals surface area (Å²) in [7, 11) is -3.32. The molecule has 2 heterocycles. The van der Waals surface area contributed by atoms with Crippen molar-refractivity contribution in [3.05, 3.63) is 35.2 Å². The lowest BCUT2D eigenvalue weighted by Crippen LogP contribution is -2.49. The number of nitrogens with one attached hydrogen (secondary N) is 1. The van der Waals surface area contributed by atoms with Crippen LogP contribution in [0.3, 0.4) is 0 Å². The number of sulfonamides is 1. The van der Waals surface area contributed by atoms with Gasteiger partial charge in [-0.25, -0.2) is 8.42 Å². The van der Waals surface area contributed by atoms with Gasteiger partial charge in [0.15, 0.2) is 5.69 Å². The molecule has 10 nitrogen and oxygen atoms in total. The Morgan fingerprint density at radius 2 is 2.00 bits per heavy atom. The van der Waals surface area contributed by atoms with Gasteiger partial charge in [0.05, 0.1) is 16.5 Å². The van der Waals surface area contributed by atoms with Crippen LogP contribution >= 0.6 is 11.6 Å². The molecular formula is C16H21ClN6O4S. The van der Waals surface area contributed by atoms with E-state index in [4.69, 9.17) is 27.5 Å². The van der Waals surface area contributed by atoms with Gasteiger partial charge in [-0.2, -0.15) is 9.29 Å². The smallest absolute Gasteiger partial charge is 0.292 e. The average Bonchev–Trinajstić information content (AvgIpc) is 3.10. The van der Waals surface area contributed by atoms with Gasteiger partial charge in [-0.05, 0) is 18.2 Å². The van der Waals surface area contributed by atoms with Crippen LogP contribution in [-0.4, -0.2) is 62.1 Å². The normalized spacial score (nSPS) is 15.6. The standard InChI is InChI=1S/C16H21ClN6O4S/c17-12-2-1-11(9-13(12)20-15(24)14-10-27-16(19)21-14)22-4-6-23(7-5-22)28(25,26)8-3-18/h1-2,9-10H,3-8,18H2,(H2,19,21)(H,20,24). The summed E-state index contributed by atoms with van der Waals surface area (Å²) in [6.45, 7) is 1.85. The van der Waals surface area contributed by atoms with Crippen molar-refractivity contribution in [2.24, 2.45) is 5.73 Å². The van der Waals surface area contributed by atoms with Crippen molar-refractivity contribution in [1.82, 2.24) is 9.29 Å². The van der Waals surface area contributed by atoms with Gasteiger partial charge in [0, 0.05) is 38.4 Å². The van der Waals surface area contributed by atoms with Crippen LogP contribution in [0.15, 0.2) is 28.9 Å². The maximum atomic E-state index is 12.2. The number of oxazole rings is 1. The predicted molar refractivity (Wildman–Crippen MR) is 107 cm³/mol. The van der Waals surface area contributed by atoms with Crippen LogP contribution in [0.5, 0.6) is 0 Å². The van der Waals surface area contributed by atoms with E-state index in [1.165, 1.54) is 4.31 Å². The van der Waals surface area contributed by atoms with Gasteiger partial charge in [0.25, 0.3) is 11.9 Å². The third kappa shape index (κ3) is 4.55. The summed E-state index contributed by atoms with van der Waals surface area (Å²) in [6, 6.07) is 5.11. The third-order valence-electron chi connectivity index (χ3n) is 4.33. The average molecular weight is 429 g/mol. The van der Waals surface area contributed by atoms with Gasteiger partial charge in [-0.3, -0.25) is 4.79 Å². The van der Waals surface area contributed by atoms with Crippen LogP contribution < -0.4 is 21.7 Å². The number of benzene rings is 1. The second-order valence-corrected chi connectivity index (χ2v) is 8.68. The quantitative estimate of drug-likeness (QED) is 0.604. The molecule has 152 valence electrons. The molecule has 1 saturated heterocycles. The Morgan fingerprint density at radius 3 is 2.61 bits per heavy atom. The van der Waals surface area contributed by atoms with Gasteiger partial charge in [0.1, 0.15) is 6.26 Å². The highest BCUT2D eigenvalue weighted by Crippen LogP contribution is 2.29. The fraction of sp³-hybridized carbons (Fsp3) is 0.375. The lowest BCUT2D eigenvalue weighted by Gasteiger charge is -2.35. The summed E-state index contributed by atoms with van der Waals surface area (Å²) >= 11 is 6.19. The minimum atomic E-state index is -3.32. The number of nitrogens with two attached hydrogens (primary N) is 2. The number of piperazine rings is 1. The molecule has 0 aliphatic carbocycles. The number of anilines is 3. The van der Waals surface area contributed by atoms with Crippen molar-refractivity contribution >= 4 is 44.9 Å². The number of halogens is 1. The second kappa shape index (κ2) is 8.35. The van der Waals surface area contributed by atoms with Crippen LogP contribution in [0, 0.1) is 0 Å². The lowest BCUT2D eigenvalue weighted by atomic mass is 10.2. The lowest BCUT2D eigenvalue weighted by molar-refractivity contribution is 0.102. The maximum absolute atomic E-state index is 12.2. The highest BCUT2D eigenvalue weighted by molar-refractivity contribution is 7.89. The number of nitrogen functional groups attached to an aromatic ring is 1. The number of nitrogens with zero attached hydrogens (tertiary/aromatic N) is 3. The molecular weight excluding hydrogens is 408 g/mol. The Kier molecular flexibility index (Phi) is 6.08. The summed E-state index contributed by atoms with van der Waals surface area (Å²) in [5.74, 6) is -0.561. The zero-order valence-corrected chi connectivity index (χ0v) is 16.5. The van der Waals surface area contributed by atoms with Crippen molar-refractivity contribution in [2.45, 2.75) is 0 Å². The maximum Gasteiger partial charge on any atom is 0.292 e. The van der Waals surface area contributed by atoms with Gasteiger partial charge in [0.2, 0.25) is 10.0 Å². The SMILES string of the molecule is NCCS(=O)(=O)N1CCN(c2ccc(Cl)c(NC(=O)c3coc(N)n3)c2)CC1. The topological polar surface area (TPSA) is 148 Å². The Labute approximate surface area is 167 Å². The Balaban J connectivity index is 1.69. The second-order valence-electron chi connectivity index (χ2n) is 6.18. The number of carbonyl (C=O) groups excluding carboxylic acids is 1. The highest BCUT2D eigenvalue weighted by atomic mass is 35.5. The van der Waals surface area contributed by atoms with Crippen molar-refractivity contribution in [1.29, 1.82) is 0 Å². The highest BCUT2D eigenvalue weighted by Gasteiger charge is 2.26. The largest absolute Gasteiger partial charge is 0.431 e. The number of rotatable bonds is 6. The predicted octanol–water partition coefficient (Wildman–Crippen LogP) is 0.573. The summed E-state index contributed by atoms with van der Waals surface area (Å²) in [5, 5.41) is 3.03. The monoisotopic (exact) mass is 428 g/mol. The Morgan fingerprint density at radius 1 is 1.29 bits per heavy atom. The molecule has 12 heteroatoms. The van der Waals surface area contributed by atoms with E-state index in [9.17, 15) is 13.2 Å². The minimum absolute atomic E-state index is 0.0395. The molecule has 1 fully saturated rings. The molecule has 1 amide bonds. The molecule has 0 bridgehead atoms. The van der Waals surface area contributed by atoms with E-state index in [1.54, 1.807) is 12.1 Å². The fourth-order valence-electron chi connectivity index (χ4n) is 2.89. The van der Waals surface area contributed by atoms with E-state index in [-0.39, 0.29) is 24.0 Å². The minimum Gasteiger partial charge on any atom is -0.431 e. The molecule has 28 heavy (non-hydrogen) atoms. The van der Waals surface area contributed by atoms with E-state index in [0.29, 0.717) is 36.9 Å². The number of carbonyl (C=O) groups is 1. The van der Waals surface area contributed by atoms with Crippen molar-refractivity contribution in [2.75, 3.05) is 54.4 Å². The zero-order chi connectivity index (χ0) is 20.3. The third-order valence-corrected chi connectivity index (χ3v) is 6.56. The molecule has 5 N–H and O–H groups in total. The van der Waals surface area contributed by atoms with E-state index in [0.717, 1.165) is 12.0 Å². The molecule has 1 aliphatic rings. The number of hydrogen-bond acceptors (Lipinski definition) is 8. The van der Waals surface area contributed by atoms with Crippen LogP contribution in [-0.2, 0) is 10.0 Å². The number of hydrogen-bond donors (Lipinski definition) is 3. The van der Waals surface area contributed by atoms with Crippen molar-refractivity contribution < 1.29 is 17.6 Å². The molecule has 0 atom stereocenters. The van der Waals surface area contributed by atoms with Crippen LogP contribution in [0.4, 0.5) is 17.4 Å². The van der Waals surface area contributed by atoms with Gasteiger partial charge >= 0.3 is 0 Å². The molecule has 0 spiro atoms. The summed E-state index contributed by atoms with van der Waals surface area (Å²) < 4.78 is 30.5. The molecule has 1 aliphatic heterocycles. The Hall–Kier alpha value is -2.34. The molecule has 3 rings (SSSR count). The van der Waals surface area contributed by atoms with E-state index >= 15 is 0 Å². The van der Waals surface area contributed by atoms with E-state index < -0.39 is 15.9 Å². The van der Waals surface area contributed by atoms with Crippen LogP contribution in [0.25, 0.3) is 0 Å². The van der Waals surface area contributed by atoms with Crippen molar-refractivity contribution in [3.63, 3.8) is 0 Å². The fourth-order valence-corrected chi connectivity index (χ4v) is 4.33. The molecule has 1 aromatic carbocycles. The first kappa shape index (κ1) is 20.4. The first-order valence-electron chi connectivity index (χ1n) is 8.55. The summed E-state index contributed by atoms with van der Waals surface area (Å²) in [6.07, 6.45) is 1.16. The number of aromatic nitrogens is 1. The van der Waals surface area contributed by atoms with E-state index in [1.807, 2.05) is 11.0 Å². The molecule has 2 aromatic rings. The zero-order valence-electron chi connectivity index (χ0n) is 15.0. The van der Waals surface area contributed by atoms with Crippen LogP contribution in [0.1, 0.15) is 10.5 Å². The Bertz CT molecular complexity index is 956. The van der Waals surface area contributed by atoms with Gasteiger partial charge in [-0.15, -0.1) is 0 Å². The van der Waals surface area contributed by atoms with Gasteiger partial charge < -0.3 is 26.1 Å². The van der Waals surface area contributed by atoms with Crippen LogP contribution in [0.2, 0.25) is 5.02 Å². The molecule has 0 saturated carbocycles. The molecule has 0 radical (unpaired) electrons. The first-order valence-corrected chi connectivity index (χ1v) is 10.5. The molecule has 1 aromatic heterocycles. The van der Waals surface area contributed by atoms with Gasteiger partial charge in [-0.1, -0.05) is 11.6 Å². The van der Waals surface area contributed by atoms with Crippen molar-refractivity contribution in [3.8, 4) is 0 Å². The summed E-state index contributed by atoms with van der Waals surface area (Å²) in [4.78, 5) is 18.0.